The number of nitrogens with zero attached hydrogens (tertiary/aromatic N) is 1. The largest absolute Gasteiger partial charge is 0.872 e. The van der Waals surface area contributed by atoms with Crippen LogP contribution in [-0.2, 0) is 11.3 Å². The SMILES string of the molecule is O=C(CNC(=O)c1ccc(Br)cc1)NCc1cc([N+](=O)[O-])ccc1[O-]. The predicted molar refractivity (Wildman–Crippen MR) is 90.9 cm³/mol. The molecule has 0 unspecified atom stereocenters. The van der Waals surface area contributed by atoms with E-state index in [9.17, 15) is 24.8 Å². The van der Waals surface area contributed by atoms with Crippen LogP contribution in [-0.4, -0.2) is 23.3 Å². The molecular weight excluding hydrogens is 394 g/mol. The number of carbonyl (C=O) groups excluding carboxylic acids is 2. The average molecular weight is 407 g/mol. The third kappa shape index (κ3) is 5.28. The van der Waals surface area contributed by atoms with Gasteiger partial charge in [0.25, 0.3) is 11.6 Å². The number of halogens is 1. The molecule has 2 N–H and O–H groups in total. The number of non-ortho nitro benzene ring substituents is 1. The van der Waals surface area contributed by atoms with Crippen LogP contribution < -0.4 is 15.7 Å². The van der Waals surface area contributed by atoms with Crippen LogP contribution >= 0.6 is 15.9 Å². The molecule has 0 aromatic heterocycles. The van der Waals surface area contributed by atoms with Crippen LogP contribution in [0.5, 0.6) is 5.75 Å². The molecule has 0 bridgehead atoms. The lowest BCUT2D eigenvalue weighted by molar-refractivity contribution is -0.385. The molecule has 2 rings (SSSR count). The van der Waals surface area contributed by atoms with Crippen molar-refractivity contribution in [3.8, 4) is 5.75 Å². The van der Waals surface area contributed by atoms with Crippen molar-refractivity contribution < 1.29 is 19.6 Å². The summed E-state index contributed by atoms with van der Waals surface area (Å²) in [6.07, 6.45) is 0. The maximum Gasteiger partial charge on any atom is 0.269 e. The van der Waals surface area contributed by atoms with Gasteiger partial charge in [-0.2, -0.15) is 0 Å². The summed E-state index contributed by atoms with van der Waals surface area (Å²) < 4.78 is 0.826. The van der Waals surface area contributed by atoms with Crippen molar-refractivity contribution in [1.82, 2.24) is 10.6 Å². The van der Waals surface area contributed by atoms with E-state index < -0.39 is 22.5 Å². The van der Waals surface area contributed by atoms with Crippen LogP contribution in [0.4, 0.5) is 5.69 Å². The third-order valence-corrected chi connectivity index (χ3v) is 3.78. The molecule has 0 spiro atoms. The summed E-state index contributed by atoms with van der Waals surface area (Å²) in [4.78, 5) is 33.7. The fourth-order valence-corrected chi connectivity index (χ4v) is 2.20. The topological polar surface area (TPSA) is 124 Å². The Balaban J connectivity index is 1.86. The molecule has 0 aliphatic rings. The summed E-state index contributed by atoms with van der Waals surface area (Å²) >= 11 is 3.26. The lowest BCUT2D eigenvalue weighted by atomic mass is 10.1. The van der Waals surface area contributed by atoms with Crippen LogP contribution in [0, 0.1) is 10.1 Å². The van der Waals surface area contributed by atoms with Crippen molar-refractivity contribution in [2.45, 2.75) is 6.54 Å². The van der Waals surface area contributed by atoms with Gasteiger partial charge in [0.15, 0.2) is 0 Å². The average Bonchev–Trinajstić information content (AvgIpc) is 2.59. The summed E-state index contributed by atoms with van der Waals surface area (Å²) in [5.74, 6) is -1.34. The van der Waals surface area contributed by atoms with Gasteiger partial charge in [0.2, 0.25) is 5.91 Å². The zero-order valence-electron chi connectivity index (χ0n) is 12.8. The van der Waals surface area contributed by atoms with E-state index in [-0.39, 0.29) is 24.3 Å². The van der Waals surface area contributed by atoms with Gasteiger partial charge < -0.3 is 15.7 Å². The summed E-state index contributed by atoms with van der Waals surface area (Å²) in [6, 6.07) is 9.90. The Labute approximate surface area is 151 Å². The molecule has 0 radical (unpaired) electrons. The van der Waals surface area contributed by atoms with Crippen molar-refractivity contribution in [2.24, 2.45) is 0 Å². The van der Waals surface area contributed by atoms with E-state index in [0.29, 0.717) is 5.56 Å². The Kier molecular flexibility index (Phi) is 6.07. The summed E-state index contributed by atoms with van der Waals surface area (Å²) in [6.45, 7) is -0.439. The molecule has 0 heterocycles. The van der Waals surface area contributed by atoms with Crippen LogP contribution in [0.3, 0.4) is 0 Å². The van der Waals surface area contributed by atoms with E-state index in [1.54, 1.807) is 24.3 Å². The maximum absolute atomic E-state index is 11.9. The van der Waals surface area contributed by atoms with Gasteiger partial charge in [-0.3, -0.25) is 19.7 Å². The predicted octanol–water partition coefficient (Wildman–Crippen LogP) is 1.48. The highest BCUT2D eigenvalue weighted by Crippen LogP contribution is 2.20. The number of benzene rings is 2. The molecule has 0 fully saturated rings. The monoisotopic (exact) mass is 406 g/mol. The molecule has 0 aliphatic carbocycles. The van der Waals surface area contributed by atoms with Gasteiger partial charge in [-0.05, 0) is 29.8 Å². The zero-order chi connectivity index (χ0) is 18.4. The molecule has 130 valence electrons. The molecule has 0 saturated carbocycles. The van der Waals surface area contributed by atoms with Gasteiger partial charge in [-0.25, -0.2) is 0 Å². The Bertz CT molecular complexity index is 808. The first-order chi connectivity index (χ1) is 11.9. The van der Waals surface area contributed by atoms with Gasteiger partial charge in [0.05, 0.1) is 11.5 Å². The van der Waals surface area contributed by atoms with Crippen LogP contribution in [0.1, 0.15) is 15.9 Å². The second-order valence-electron chi connectivity index (χ2n) is 5.02. The standard InChI is InChI=1S/C16H14BrN3O5/c17-12-3-1-10(2-4-12)16(23)19-9-15(22)18-8-11-7-13(20(24)25)5-6-14(11)21/h1-7,21H,8-9H2,(H,18,22)(H,19,23)/p-1. The van der Waals surface area contributed by atoms with Crippen LogP contribution in [0.15, 0.2) is 46.9 Å². The molecule has 0 saturated heterocycles. The fourth-order valence-electron chi connectivity index (χ4n) is 1.94. The Hall–Kier alpha value is -2.94. The van der Waals surface area contributed by atoms with Gasteiger partial charge in [0, 0.05) is 28.7 Å². The van der Waals surface area contributed by atoms with Gasteiger partial charge in [0.1, 0.15) is 0 Å². The number of rotatable bonds is 6. The maximum atomic E-state index is 11.9. The lowest BCUT2D eigenvalue weighted by Gasteiger charge is -2.13. The van der Waals surface area contributed by atoms with Crippen LogP contribution in [0.25, 0.3) is 0 Å². The first-order valence-electron chi connectivity index (χ1n) is 7.11. The van der Waals surface area contributed by atoms with E-state index in [4.69, 9.17) is 0 Å². The number of hydrogen-bond acceptors (Lipinski definition) is 5. The molecule has 9 heteroatoms. The third-order valence-electron chi connectivity index (χ3n) is 3.25. The normalized spacial score (nSPS) is 10.1. The number of amides is 2. The highest BCUT2D eigenvalue weighted by atomic mass is 79.9. The van der Waals surface area contributed by atoms with Crippen molar-refractivity contribution in [2.75, 3.05) is 6.54 Å². The quantitative estimate of drug-likeness (QED) is 0.555. The zero-order valence-corrected chi connectivity index (χ0v) is 14.4. The molecule has 8 nitrogen and oxygen atoms in total. The molecule has 2 aromatic rings. The lowest BCUT2D eigenvalue weighted by Crippen LogP contribution is -2.36. The van der Waals surface area contributed by atoms with E-state index >= 15 is 0 Å². The first kappa shape index (κ1) is 18.4. The second kappa shape index (κ2) is 8.25. The van der Waals surface area contributed by atoms with E-state index in [1.165, 1.54) is 0 Å². The van der Waals surface area contributed by atoms with Crippen molar-refractivity contribution in [3.05, 3.63) is 68.2 Å². The van der Waals surface area contributed by atoms with Gasteiger partial charge >= 0.3 is 0 Å². The summed E-state index contributed by atoms with van der Waals surface area (Å²) in [5.41, 5.74) is 0.269. The Morgan fingerprint density at radius 2 is 1.76 bits per heavy atom. The fraction of sp³-hybridized carbons (Fsp3) is 0.125. The summed E-state index contributed by atoms with van der Waals surface area (Å²) in [5, 5.41) is 27.2. The molecule has 0 aliphatic heterocycles. The minimum atomic E-state index is -0.622. The number of hydrogen-bond donors (Lipinski definition) is 2. The number of nitrogens with one attached hydrogen (secondary N) is 2. The highest BCUT2D eigenvalue weighted by molar-refractivity contribution is 9.10. The Morgan fingerprint density at radius 3 is 2.40 bits per heavy atom. The molecule has 2 aromatic carbocycles. The smallest absolute Gasteiger partial charge is 0.269 e. The molecule has 2 amide bonds. The minimum Gasteiger partial charge on any atom is -0.872 e. The highest BCUT2D eigenvalue weighted by Gasteiger charge is 2.10. The second-order valence-corrected chi connectivity index (χ2v) is 5.93. The number of carbonyl (C=O) groups is 2. The number of nitro groups is 1. The van der Waals surface area contributed by atoms with E-state index in [2.05, 4.69) is 26.6 Å². The van der Waals surface area contributed by atoms with Gasteiger partial charge in [-0.1, -0.05) is 22.0 Å². The first-order valence-corrected chi connectivity index (χ1v) is 7.91. The number of nitro benzene ring substituents is 1. The molecular formula is C16H13BrN3O5-. The Morgan fingerprint density at radius 1 is 1.08 bits per heavy atom. The van der Waals surface area contributed by atoms with E-state index in [0.717, 1.165) is 22.7 Å². The van der Waals surface area contributed by atoms with Crippen molar-refractivity contribution in [3.63, 3.8) is 0 Å². The van der Waals surface area contributed by atoms with Crippen molar-refractivity contribution in [1.29, 1.82) is 0 Å². The molecule has 25 heavy (non-hydrogen) atoms. The summed E-state index contributed by atoms with van der Waals surface area (Å²) in [7, 11) is 0. The van der Waals surface area contributed by atoms with Crippen LogP contribution in [0.2, 0.25) is 0 Å². The molecule has 0 atom stereocenters. The van der Waals surface area contributed by atoms with E-state index in [1.807, 2.05) is 0 Å². The minimum absolute atomic E-state index is 0.0989. The van der Waals surface area contributed by atoms with Gasteiger partial charge in [-0.15, -0.1) is 5.75 Å². The van der Waals surface area contributed by atoms with Crippen molar-refractivity contribution >= 4 is 33.4 Å².